The Balaban J connectivity index is 2.46. The Labute approximate surface area is 95.5 Å². The molecule has 0 radical (unpaired) electrons. The van der Waals surface area contributed by atoms with E-state index in [9.17, 15) is 18.8 Å². The van der Waals surface area contributed by atoms with Gasteiger partial charge < -0.3 is 5.11 Å². The number of carbonyl (C=O) groups excluding carboxylic acids is 2. The van der Waals surface area contributed by atoms with Crippen LogP contribution in [0.3, 0.4) is 0 Å². The van der Waals surface area contributed by atoms with Gasteiger partial charge in [0, 0.05) is 12.8 Å². The molecule has 2 rings (SSSR count). The van der Waals surface area contributed by atoms with Crippen molar-refractivity contribution >= 4 is 23.5 Å². The topological polar surface area (TPSA) is 74.7 Å². The number of imide groups is 1. The first-order valence-corrected chi connectivity index (χ1v) is 4.89. The Bertz CT molecular complexity index is 510. The van der Waals surface area contributed by atoms with Crippen molar-refractivity contribution in [3.8, 4) is 0 Å². The molecule has 1 heterocycles. The third-order valence-corrected chi connectivity index (χ3v) is 2.49. The van der Waals surface area contributed by atoms with Gasteiger partial charge in [0.2, 0.25) is 11.8 Å². The van der Waals surface area contributed by atoms with Gasteiger partial charge in [0.1, 0.15) is 5.82 Å². The van der Waals surface area contributed by atoms with Gasteiger partial charge in [0.05, 0.1) is 11.3 Å². The molecule has 0 unspecified atom stereocenters. The largest absolute Gasteiger partial charge is 0.478 e. The molecule has 1 aliphatic rings. The van der Waals surface area contributed by atoms with E-state index in [2.05, 4.69) is 0 Å². The molecule has 0 saturated carbocycles. The Morgan fingerprint density at radius 2 is 1.82 bits per heavy atom. The van der Waals surface area contributed by atoms with Crippen molar-refractivity contribution in [1.82, 2.24) is 0 Å². The number of rotatable bonds is 2. The van der Waals surface area contributed by atoms with Crippen LogP contribution in [-0.2, 0) is 9.59 Å². The van der Waals surface area contributed by atoms with Crippen LogP contribution in [-0.4, -0.2) is 22.9 Å². The number of hydrogen-bond donors (Lipinski definition) is 1. The van der Waals surface area contributed by atoms with E-state index in [1.54, 1.807) is 0 Å². The molecule has 6 heteroatoms. The highest BCUT2D eigenvalue weighted by Crippen LogP contribution is 2.24. The molecule has 88 valence electrons. The first-order chi connectivity index (χ1) is 8.00. The predicted molar refractivity (Wildman–Crippen MR) is 55.1 cm³/mol. The number of halogens is 1. The quantitative estimate of drug-likeness (QED) is 0.783. The summed E-state index contributed by atoms with van der Waals surface area (Å²) in [6, 6.07) is 3.12. The van der Waals surface area contributed by atoms with Gasteiger partial charge in [-0.05, 0) is 18.2 Å². The highest BCUT2D eigenvalue weighted by molar-refractivity contribution is 6.20. The highest BCUT2D eigenvalue weighted by atomic mass is 19.1. The molecule has 1 N–H and O–H groups in total. The standard InChI is InChI=1S/C11H8FNO4/c12-8-2-1-6(5-7(8)11(16)17)13-9(14)3-4-10(13)15/h1-2,5H,3-4H2,(H,16,17). The van der Waals surface area contributed by atoms with Crippen LogP contribution in [0.2, 0.25) is 0 Å². The number of carboxylic acids is 1. The van der Waals surface area contributed by atoms with Crippen LogP contribution in [0.1, 0.15) is 23.2 Å². The summed E-state index contributed by atoms with van der Waals surface area (Å²) in [5.41, 5.74) is -0.466. The zero-order valence-corrected chi connectivity index (χ0v) is 8.64. The molecule has 1 fully saturated rings. The lowest BCUT2D eigenvalue weighted by molar-refractivity contribution is -0.121. The fourth-order valence-corrected chi connectivity index (χ4v) is 1.68. The molecule has 5 nitrogen and oxygen atoms in total. The molecular weight excluding hydrogens is 229 g/mol. The first-order valence-electron chi connectivity index (χ1n) is 4.89. The summed E-state index contributed by atoms with van der Waals surface area (Å²) in [6.45, 7) is 0. The number of nitrogens with zero attached hydrogens (tertiary/aromatic N) is 1. The lowest BCUT2D eigenvalue weighted by Gasteiger charge is -2.14. The molecule has 0 bridgehead atoms. The SMILES string of the molecule is O=C(O)c1cc(N2C(=O)CCC2=O)ccc1F. The van der Waals surface area contributed by atoms with Gasteiger partial charge in [-0.25, -0.2) is 9.18 Å². The minimum atomic E-state index is -1.44. The number of amides is 2. The van der Waals surface area contributed by atoms with Crippen LogP contribution < -0.4 is 4.90 Å². The molecule has 0 spiro atoms. The van der Waals surface area contributed by atoms with Gasteiger partial charge in [0.25, 0.3) is 0 Å². The molecular formula is C11H8FNO4. The van der Waals surface area contributed by atoms with Crippen molar-refractivity contribution in [3.05, 3.63) is 29.6 Å². The summed E-state index contributed by atoms with van der Waals surface area (Å²) in [5.74, 6) is -3.15. The molecule has 0 atom stereocenters. The summed E-state index contributed by atoms with van der Waals surface area (Å²) in [5, 5.41) is 8.74. The summed E-state index contributed by atoms with van der Waals surface area (Å²) in [4.78, 5) is 34.4. The molecule has 17 heavy (non-hydrogen) atoms. The summed E-state index contributed by atoms with van der Waals surface area (Å²) < 4.78 is 13.1. The third-order valence-electron chi connectivity index (χ3n) is 2.49. The second-order valence-corrected chi connectivity index (χ2v) is 3.59. The average Bonchev–Trinajstić information content (AvgIpc) is 2.59. The van der Waals surface area contributed by atoms with E-state index < -0.39 is 29.2 Å². The van der Waals surface area contributed by atoms with Crippen LogP contribution in [0.5, 0.6) is 0 Å². The van der Waals surface area contributed by atoms with Crippen LogP contribution in [0, 0.1) is 5.82 Å². The fraction of sp³-hybridized carbons (Fsp3) is 0.182. The number of benzene rings is 1. The number of aromatic carboxylic acids is 1. The zero-order valence-electron chi connectivity index (χ0n) is 8.64. The minimum Gasteiger partial charge on any atom is -0.478 e. The lowest BCUT2D eigenvalue weighted by Crippen LogP contribution is -2.28. The maximum Gasteiger partial charge on any atom is 0.338 e. The minimum absolute atomic E-state index is 0.0938. The molecule has 0 aliphatic carbocycles. The third kappa shape index (κ3) is 1.89. The van der Waals surface area contributed by atoms with Gasteiger partial charge in [-0.15, -0.1) is 0 Å². The smallest absolute Gasteiger partial charge is 0.338 e. The number of carboxylic acid groups (broad SMARTS) is 1. The zero-order chi connectivity index (χ0) is 12.6. The van der Waals surface area contributed by atoms with Crippen molar-refractivity contribution in [3.63, 3.8) is 0 Å². The van der Waals surface area contributed by atoms with Crippen molar-refractivity contribution < 1.29 is 23.9 Å². The first kappa shape index (κ1) is 11.3. The van der Waals surface area contributed by atoms with E-state index in [1.165, 1.54) is 6.07 Å². The fourth-order valence-electron chi connectivity index (χ4n) is 1.68. The lowest BCUT2D eigenvalue weighted by atomic mass is 10.2. The van der Waals surface area contributed by atoms with E-state index >= 15 is 0 Å². The number of anilines is 1. The van der Waals surface area contributed by atoms with E-state index in [0.29, 0.717) is 0 Å². The maximum absolute atomic E-state index is 13.1. The number of hydrogen-bond acceptors (Lipinski definition) is 3. The van der Waals surface area contributed by atoms with Gasteiger partial charge in [-0.3, -0.25) is 14.5 Å². The van der Waals surface area contributed by atoms with E-state index in [-0.39, 0.29) is 18.5 Å². The highest BCUT2D eigenvalue weighted by Gasteiger charge is 2.31. The van der Waals surface area contributed by atoms with Crippen LogP contribution in [0.15, 0.2) is 18.2 Å². The summed E-state index contributed by atoms with van der Waals surface area (Å²) >= 11 is 0. The van der Waals surface area contributed by atoms with Gasteiger partial charge >= 0.3 is 5.97 Å². The van der Waals surface area contributed by atoms with E-state index in [0.717, 1.165) is 17.0 Å². The molecule has 1 aromatic rings. The Morgan fingerprint density at radius 1 is 1.24 bits per heavy atom. The van der Waals surface area contributed by atoms with Gasteiger partial charge in [-0.1, -0.05) is 0 Å². The second kappa shape index (κ2) is 3.97. The Hall–Kier alpha value is -2.24. The van der Waals surface area contributed by atoms with Gasteiger partial charge in [0.15, 0.2) is 0 Å². The molecule has 1 saturated heterocycles. The van der Waals surface area contributed by atoms with Crippen molar-refractivity contribution in [1.29, 1.82) is 0 Å². The maximum atomic E-state index is 13.1. The summed E-state index contributed by atoms with van der Waals surface area (Å²) in [7, 11) is 0. The molecule has 1 aromatic carbocycles. The normalized spacial score (nSPS) is 15.5. The Kier molecular flexibility index (Phi) is 2.63. The summed E-state index contributed by atoms with van der Waals surface area (Å²) in [6.07, 6.45) is 0.192. The number of carbonyl (C=O) groups is 3. The molecule has 1 aliphatic heterocycles. The molecule has 2 amide bonds. The van der Waals surface area contributed by atoms with Crippen molar-refractivity contribution in [2.75, 3.05) is 4.90 Å². The predicted octanol–water partition coefficient (Wildman–Crippen LogP) is 1.18. The Morgan fingerprint density at radius 3 is 2.35 bits per heavy atom. The van der Waals surface area contributed by atoms with E-state index in [1.807, 2.05) is 0 Å². The van der Waals surface area contributed by atoms with Crippen molar-refractivity contribution in [2.24, 2.45) is 0 Å². The molecule has 0 aromatic heterocycles. The van der Waals surface area contributed by atoms with Crippen LogP contribution in [0.25, 0.3) is 0 Å². The van der Waals surface area contributed by atoms with Crippen LogP contribution in [0.4, 0.5) is 10.1 Å². The second-order valence-electron chi connectivity index (χ2n) is 3.59. The van der Waals surface area contributed by atoms with E-state index in [4.69, 9.17) is 5.11 Å². The van der Waals surface area contributed by atoms with Crippen LogP contribution >= 0.6 is 0 Å². The van der Waals surface area contributed by atoms with Crippen molar-refractivity contribution in [2.45, 2.75) is 12.8 Å². The average molecular weight is 237 g/mol. The van der Waals surface area contributed by atoms with Gasteiger partial charge in [-0.2, -0.15) is 0 Å². The monoisotopic (exact) mass is 237 g/mol.